The second-order valence-electron chi connectivity index (χ2n) is 9.36. The minimum atomic E-state index is -0.584. The molecule has 5 rings (SSSR count). The largest absolute Gasteiger partial charge is 0.439 e. The standard InChI is InChI=1S/C28H27ClN4O2/c1-17(2)14-19-8-10-20(11-9-19)18(3)27-30-24-15-21(26-31-28(34)35-32-26)12-13-25(24)33(27)16-22-6-4-5-7-23(22)29/h4-13,15,17-18H,14,16H2,1-3H3,(H,31,32,34). The van der Waals surface area contributed by atoms with Crippen molar-refractivity contribution in [2.24, 2.45) is 5.92 Å². The predicted molar refractivity (Wildman–Crippen MR) is 139 cm³/mol. The van der Waals surface area contributed by atoms with Gasteiger partial charge in [-0.2, -0.15) is 0 Å². The Balaban J connectivity index is 1.59. The van der Waals surface area contributed by atoms with Crippen molar-refractivity contribution >= 4 is 22.6 Å². The lowest BCUT2D eigenvalue weighted by molar-refractivity contribution is 0.388. The third-order valence-corrected chi connectivity index (χ3v) is 6.66. The molecule has 0 radical (unpaired) electrons. The SMILES string of the molecule is CC(C)Cc1ccc(C(C)c2nc3cc(-c4noc(=O)[nH]4)ccc3n2Cc2ccccc2Cl)cc1. The van der Waals surface area contributed by atoms with Crippen LogP contribution in [0, 0.1) is 5.92 Å². The molecule has 0 amide bonds. The summed E-state index contributed by atoms with van der Waals surface area (Å²) in [6.07, 6.45) is 1.06. The van der Waals surface area contributed by atoms with Gasteiger partial charge >= 0.3 is 5.76 Å². The topological polar surface area (TPSA) is 76.7 Å². The number of fused-ring (bicyclic) bond motifs is 1. The number of aromatic amines is 1. The van der Waals surface area contributed by atoms with E-state index in [2.05, 4.69) is 64.3 Å². The second kappa shape index (κ2) is 9.55. The summed E-state index contributed by atoms with van der Waals surface area (Å²) in [5.74, 6) is 1.43. The van der Waals surface area contributed by atoms with Crippen molar-refractivity contribution < 1.29 is 4.52 Å². The number of aromatic nitrogens is 4. The monoisotopic (exact) mass is 486 g/mol. The summed E-state index contributed by atoms with van der Waals surface area (Å²) >= 11 is 6.52. The van der Waals surface area contributed by atoms with E-state index in [-0.39, 0.29) is 5.92 Å². The van der Waals surface area contributed by atoms with Gasteiger partial charge in [0.05, 0.1) is 17.6 Å². The zero-order chi connectivity index (χ0) is 24.5. The first-order chi connectivity index (χ1) is 16.9. The average Bonchev–Trinajstić information content (AvgIpc) is 3.43. The van der Waals surface area contributed by atoms with E-state index in [0.717, 1.165) is 39.4 Å². The van der Waals surface area contributed by atoms with Gasteiger partial charge in [-0.3, -0.25) is 9.51 Å². The molecule has 0 saturated heterocycles. The van der Waals surface area contributed by atoms with Gasteiger partial charge in [0.1, 0.15) is 5.82 Å². The minimum Gasteiger partial charge on any atom is -0.323 e. The van der Waals surface area contributed by atoms with Crippen molar-refractivity contribution in [1.29, 1.82) is 0 Å². The fourth-order valence-corrected chi connectivity index (χ4v) is 4.70. The van der Waals surface area contributed by atoms with Crippen LogP contribution in [0.25, 0.3) is 22.4 Å². The molecule has 5 aromatic rings. The summed E-state index contributed by atoms with van der Waals surface area (Å²) < 4.78 is 6.90. The van der Waals surface area contributed by atoms with Gasteiger partial charge in [-0.25, -0.2) is 9.78 Å². The number of hydrogen-bond acceptors (Lipinski definition) is 4. The normalized spacial score (nSPS) is 12.5. The van der Waals surface area contributed by atoms with Gasteiger partial charge in [0, 0.05) is 16.5 Å². The van der Waals surface area contributed by atoms with Crippen molar-refractivity contribution in [2.75, 3.05) is 0 Å². The Labute approximate surface area is 208 Å². The summed E-state index contributed by atoms with van der Waals surface area (Å²) in [6.45, 7) is 7.24. The summed E-state index contributed by atoms with van der Waals surface area (Å²) in [5, 5.41) is 4.54. The summed E-state index contributed by atoms with van der Waals surface area (Å²) in [5.41, 5.74) is 6.11. The molecule has 0 fully saturated rings. The summed E-state index contributed by atoms with van der Waals surface area (Å²) in [7, 11) is 0. The maximum Gasteiger partial charge on any atom is 0.439 e. The molecule has 1 unspecified atom stereocenters. The van der Waals surface area contributed by atoms with E-state index in [1.54, 1.807) is 0 Å². The van der Waals surface area contributed by atoms with E-state index >= 15 is 0 Å². The highest BCUT2D eigenvalue weighted by molar-refractivity contribution is 6.31. The van der Waals surface area contributed by atoms with Crippen molar-refractivity contribution in [3.8, 4) is 11.4 Å². The molecule has 0 aliphatic heterocycles. The Kier molecular flexibility index (Phi) is 6.31. The van der Waals surface area contributed by atoms with Gasteiger partial charge in [0.2, 0.25) is 0 Å². The second-order valence-corrected chi connectivity index (χ2v) is 9.76. The molecule has 6 nitrogen and oxygen atoms in total. The number of imidazole rings is 1. The van der Waals surface area contributed by atoms with Crippen LogP contribution < -0.4 is 5.76 Å². The lowest BCUT2D eigenvalue weighted by atomic mass is 9.96. The van der Waals surface area contributed by atoms with Gasteiger partial charge in [0.15, 0.2) is 5.82 Å². The molecule has 1 atom stereocenters. The third kappa shape index (κ3) is 4.80. The molecule has 0 aliphatic rings. The van der Waals surface area contributed by atoms with Gasteiger partial charge in [-0.1, -0.05) is 80.0 Å². The fraction of sp³-hybridized carbons (Fsp3) is 0.250. The predicted octanol–water partition coefficient (Wildman–Crippen LogP) is 6.43. The highest BCUT2D eigenvalue weighted by Gasteiger charge is 2.20. The van der Waals surface area contributed by atoms with Crippen LogP contribution in [-0.2, 0) is 13.0 Å². The number of rotatable bonds is 7. The lowest BCUT2D eigenvalue weighted by Gasteiger charge is -2.17. The Morgan fingerprint density at radius 1 is 1.03 bits per heavy atom. The Bertz CT molecular complexity index is 1530. The average molecular weight is 487 g/mol. The molecule has 3 aromatic carbocycles. The van der Waals surface area contributed by atoms with Crippen LogP contribution in [0.15, 0.2) is 76.0 Å². The zero-order valence-electron chi connectivity index (χ0n) is 20.0. The van der Waals surface area contributed by atoms with E-state index in [1.165, 1.54) is 11.1 Å². The highest BCUT2D eigenvalue weighted by atomic mass is 35.5. The number of hydrogen-bond donors (Lipinski definition) is 1. The summed E-state index contributed by atoms with van der Waals surface area (Å²) in [4.78, 5) is 19.1. The molecule has 0 bridgehead atoms. The first-order valence-corrected chi connectivity index (χ1v) is 12.2. The van der Waals surface area contributed by atoms with Crippen molar-refractivity contribution in [3.05, 3.63) is 105 Å². The smallest absolute Gasteiger partial charge is 0.323 e. The number of halogens is 1. The zero-order valence-corrected chi connectivity index (χ0v) is 20.7. The lowest BCUT2D eigenvalue weighted by Crippen LogP contribution is -2.10. The quantitative estimate of drug-likeness (QED) is 0.287. The molecular weight excluding hydrogens is 460 g/mol. The molecule has 0 aliphatic carbocycles. The molecule has 7 heteroatoms. The van der Waals surface area contributed by atoms with E-state index in [1.807, 2.05) is 42.5 Å². The number of nitrogens with zero attached hydrogens (tertiary/aromatic N) is 3. The molecule has 2 aromatic heterocycles. The van der Waals surface area contributed by atoms with Crippen LogP contribution in [-0.4, -0.2) is 19.7 Å². The van der Waals surface area contributed by atoms with Crippen LogP contribution in [0.3, 0.4) is 0 Å². The molecule has 0 spiro atoms. The minimum absolute atomic E-state index is 0.0632. The maximum atomic E-state index is 11.4. The molecular formula is C28H27ClN4O2. The van der Waals surface area contributed by atoms with Crippen molar-refractivity contribution in [1.82, 2.24) is 19.7 Å². The molecule has 178 valence electrons. The van der Waals surface area contributed by atoms with Gasteiger partial charge in [0.25, 0.3) is 0 Å². The van der Waals surface area contributed by atoms with Gasteiger partial charge < -0.3 is 4.57 Å². The van der Waals surface area contributed by atoms with Gasteiger partial charge in [-0.15, -0.1) is 0 Å². The number of nitrogens with one attached hydrogen (secondary N) is 1. The van der Waals surface area contributed by atoms with Crippen molar-refractivity contribution in [3.63, 3.8) is 0 Å². The Morgan fingerprint density at radius 2 is 1.80 bits per heavy atom. The van der Waals surface area contributed by atoms with Crippen molar-refractivity contribution in [2.45, 2.75) is 39.7 Å². The third-order valence-electron chi connectivity index (χ3n) is 6.29. The van der Waals surface area contributed by atoms with Crippen LogP contribution in [0.5, 0.6) is 0 Å². The van der Waals surface area contributed by atoms with Crippen LogP contribution in [0.4, 0.5) is 0 Å². The van der Waals surface area contributed by atoms with E-state index in [4.69, 9.17) is 16.6 Å². The van der Waals surface area contributed by atoms with Gasteiger partial charge in [-0.05, 0) is 53.3 Å². The molecule has 1 N–H and O–H groups in total. The number of H-pyrrole nitrogens is 1. The van der Waals surface area contributed by atoms with Crippen LogP contribution >= 0.6 is 11.6 Å². The molecule has 35 heavy (non-hydrogen) atoms. The first kappa shape index (κ1) is 23.1. The first-order valence-electron chi connectivity index (χ1n) is 11.8. The van der Waals surface area contributed by atoms with Crippen LogP contribution in [0.1, 0.15) is 49.2 Å². The Morgan fingerprint density at radius 3 is 2.49 bits per heavy atom. The van der Waals surface area contributed by atoms with E-state index < -0.39 is 5.76 Å². The van der Waals surface area contributed by atoms with Crippen LogP contribution in [0.2, 0.25) is 5.02 Å². The highest BCUT2D eigenvalue weighted by Crippen LogP contribution is 2.31. The van der Waals surface area contributed by atoms with E-state index in [9.17, 15) is 4.79 Å². The summed E-state index contributed by atoms with van der Waals surface area (Å²) in [6, 6.07) is 22.6. The number of benzene rings is 3. The fourth-order valence-electron chi connectivity index (χ4n) is 4.51. The molecule has 2 heterocycles. The van der Waals surface area contributed by atoms with E-state index in [0.29, 0.717) is 18.3 Å². The maximum absolute atomic E-state index is 11.4. The Hall–Kier alpha value is -3.64. The molecule has 0 saturated carbocycles.